The number of rotatable bonds is 5. The molecular formula is C26H23N5O2S. The van der Waals surface area contributed by atoms with E-state index in [-0.39, 0.29) is 10.6 Å². The molecule has 2 heterocycles. The number of hydrogen-bond donors (Lipinski definition) is 0. The van der Waals surface area contributed by atoms with Crippen LogP contribution in [0, 0.1) is 11.3 Å². The Labute approximate surface area is 198 Å². The Hall–Kier alpha value is -3.96. The average molecular weight is 470 g/mol. The van der Waals surface area contributed by atoms with Crippen molar-refractivity contribution in [2.75, 3.05) is 36.0 Å². The summed E-state index contributed by atoms with van der Waals surface area (Å²) in [7, 11) is -3.99. The lowest BCUT2D eigenvalue weighted by molar-refractivity contribution is 0.589. The van der Waals surface area contributed by atoms with Gasteiger partial charge in [-0.25, -0.2) is 18.4 Å². The van der Waals surface area contributed by atoms with E-state index in [2.05, 4.69) is 22.0 Å². The van der Waals surface area contributed by atoms with Crippen molar-refractivity contribution in [2.24, 2.45) is 0 Å². The SMILES string of the molecule is N#C[C@H](c1nc2ccccc2nc1N1CCN(c2ccccc2)CC1)S(=O)(=O)c1ccccc1. The van der Waals surface area contributed by atoms with Crippen molar-refractivity contribution in [3.63, 3.8) is 0 Å². The van der Waals surface area contributed by atoms with Crippen LogP contribution in [0.3, 0.4) is 0 Å². The number of para-hydroxylation sites is 3. The summed E-state index contributed by atoms with van der Waals surface area (Å²) in [5.41, 5.74) is 2.56. The van der Waals surface area contributed by atoms with E-state index >= 15 is 0 Å². The van der Waals surface area contributed by atoms with Crippen molar-refractivity contribution in [1.29, 1.82) is 5.26 Å². The first kappa shape index (κ1) is 21.9. The average Bonchev–Trinajstić information content (AvgIpc) is 2.90. The smallest absolute Gasteiger partial charge is 0.200 e. The fraction of sp³-hybridized carbons (Fsp3) is 0.192. The van der Waals surface area contributed by atoms with Gasteiger partial charge in [0.25, 0.3) is 0 Å². The number of nitriles is 1. The van der Waals surface area contributed by atoms with Crippen LogP contribution in [0.2, 0.25) is 0 Å². The first-order chi connectivity index (χ1) is 16.6. The van der Waals surface area contributed by atoms with Crippen LogP contribution in [0.15, 0.2) is 89.8 Å². The normalized spacial score (nSPS) is 15.1. The van der Waals surface area contributed by atoms with Crippen molar-refractivity contribution in [3.8, 4) is 6.07 Å². The molecule has 0 bridgehead atoms. The molecule has 0 N–H and O–H groups in total. The number of aromatic nitrogens is 2. The maximum Gasteiger partial charge on any atom is 0.200 e. The molecule has 4 aromatic rings. The van der Waals surface area contributed by atoms with Crippen molar-refractivity contribution < 1.29 is 8.42 Å². The van der Waals surface area contributed by atoms with Gasteiger partial charge in [0.05, 0.1) is 22.0 Å². The van der Waals surface area contributed by atoms with Gasteiger partial charge in [0, 0.05) is 31.9 Å². The van der Waals surface area contributed by atoms with Crippen LogP contribution in [-0.2, 0) is 9.84 Å². The van der Waals surface area contributed by atoms with Crippen molar-refractivity contribution >= 4 is 32.4 Å². The first-order valence-electron chi connectivity index (χ1n) is 11.1. The fourth-order valence-corrected chi connectivity index (χ4v) is 5.65. The molecule has 0 unspecified atom stereocenters. The Morgan fingerprint density at radius 2 is 1.26 bits per heavy atom. The number of nitrogens with zero attached hydrogens (tertiary/aromatic N) is 5. The van der Waals surface area contributed by atoms with Crippen LogP contribution in [0.4, 0.5) is 11.5 Å². The Morgan fingerprint density at radius 3 is 1.88 bits per heavy atom. The molecule has 0 radical (unpaired) electrons. The quantitative estimate of drug-likeness (QED) is 0.436. The maximum atomic E-state index is 13.5. The van der Waals surface area contributed by atoms with Crippen LogP contribution in [0.5, 0.6) is 0 Å². The summed E-state index contributed by atoms with van der Waals surface area (Å²) >= 11 is 0. The number of sulfone groups is 1. The zero-order valence-electron chi connectivity index (χ0n) is 18.4. The second kappa shape index (κ2) is 9.12. The third kappa shape index (κ3) is 4.06. The van der Waals surface area contributed by atoms with Crippen molar-refractivity contribution in [3.05, 3.63) is 90.6 Å². The standard InChI is InChI=1S/C26H23N5O2S/c27-19-24(34(32,33)21-11-5-2-6-12-21)25-26(29-23-14-8-7-13-22(23)28-25)31-17-15-30(16-18-31)20-9-3-1-4-10-20/h1-14,24H,15-18H2/t24-/m1/s1. The Bertz CT molecular complexity index is 1450. The molecule has 5 rings (SSSR count). The molecule has 1 aliphatic rings. The summed E-state index contributed by atoms with van der Waals surface area (Å²) in [4.78, 5) is 13.9. The van der Waals surface area contributed by atoms with Gasteiger partial charge in [-0.05, 0) is 36.4 Å². The van der Waals surface area contributed by atoms with Crippen LogP contribution < -0.4 is 9.80 Å². The van der Waals surface area contributed by atoms with Gasteiger partial charge in [0.1, 0.15) is 5.69 Å². The van der Waals surface area contributed by atoms with Crippen molar-refractivity contribution in [1.82, 2.24) is 9.97 Å². The van der Waals surface area contributed by atoms with Gasteiger partial charge in [0.15, 0.2) is 11.1 Å². The van der Waals surface area contributed by atoms with E-state index in [1.54, 1.807) is 24.3 Å². The molecule has 8 heteroatoms. The minimum absolute atomic E-state index is 0.0938. The van der Waals surface area contributed by atoms with Crippen LogP contribution in [0.25, 0.3) is 11.0 Å². The van der Waals surface area contributed by atoms with Gasteiger partial charge in [-0.15, -0.1) is 0 Å². The lowest BCUT2D eigenvalue weighted by Crippen LogP contribution is -2.47. The van der Waals surface area contributed by atoms with Gasteiger partial charge in [0.2, 0.25) is 9.84 Å². The topological polar surface area (TPSA) is 90.2 Å². The van der Waals surface area contributed by atoms with E-state index in [9.17, 15) is 13.7 Å². The third-order valence-corrected chi connectivity index (χ3v) is 7.90. The summed E-state index contributed by atoms with van der Waals surface area (Å²) < 4.78 is 26.9. The number of benzene rings is 3. The highest BCUT2D eigenvalue weighted by Crippen LogP contribution is 2.34. The zero-order chi connectivity index (χ0) is 23.5. The second-order valence-corrected chi connectivity index (χ2v) is 10.1. The molecule has 0 amide bonds. The van der Waals surface area contributed by atoms with Crippen molar-refractivity contribution in [2.45, 2.75) is 10.1 Å². The van der Waals surface area contributed by atoms with E-state index in [4.69, 9.17) is 4.98 Å². The minimum Gasteiger partial charge on any atom is -0.368 e. The Morgan fingerprint density at radius 1 is 0.735 bits per heavy atom. The van der Waals surface area contributed by atoms with Gasteiger partial charge < -0.3 is 9.80 Å². The number of piperazine rings is 1. The number of anilines is 2. The van der Waals surface area contributed by atoms with E-state index in [1.165, 1.54) is 12.1 Å². The molecule has 170 valence electrons. The summed E-state index contributed by atoms with van der Waals surface area (Å²) in [5, 5.41) is 8.57. The fourth-order valence-electron chi connectivity index (χ4n) is 4.25. The molecule has 0 aliphatic carbocycles. The molecule has 1 aromatic heterocycles. The third-order valence-electron chi connectivity index (χ3n) is 6.03. The number of fused-ring (bicyclic) bond motifs is 1. The summed E-state index contributed by atoms with van der Waals surface area (Å²) in [6, 6.07) is 27.6. The lowest BCUT2D eigenvalue weighted by atomic mass is 10.2. The van der Waals surface area contributed by atoms with E-state index in [1.807, 2.05) is 47.4 Å². The maximum absolute atomic E-state index is 13.5. The lowest BCUT2D eigenvalue weighted by Gasteiger charge is -2.37. The van der Waals surface area contributed by atoms with Crippen LogP contribution in [0.1, 0.15) is 10.9 Å². The molecule has 7 nitrogen and oxygen atoms in total. The molecule has 1 atom stereocenters. The largest absolute Gasteiger partial charge is 0.368 e. The Kier molecular flexibility index (Phi) is 5.86. The summed E-state index contributed by atoms with van der Waals surface area (Å²) in [6.07, 6.45) is 0. The highest BCUT2D eigenvalue weighted by atomic mass is 32.2. The first-order valence-corrected chi connectivity index (χ1v) is 12.6. The van der Waals surface area contributed by atoms with Crippen LogP contribution >= 0.6 is 0 Å². The molecule has 0 saturated carbocycles. The summed E-state index contributed by atoms with van der Waals surface area (Å²) in [5.74, 6) is 0.456. The monoisotopic (exact) mass is 469 g/mol. The van der Waals surface area contributed by atoms with Crippen LogP contribution in [-0.4, -0.2) is 44.6 Å². The second-order valence-electron chi connectivity index (χ2n) is 8.10. The molecular weight excluding hydrogens is 446 g/mol. The summed E-state index contributed by atoms with van der Waals surface area (Å²) in [6.45, 7) is 2.78. The molecule has 0 spiro atoms. The highest BCUT2D eigenvalue weighted by Gasteiger charge is 2.35. The highest BCUT2D eigenvalue weighted by molar-refractivity contribution is 7.92. The predicted molar refractivity (Wildman–Crippen MR) is 132 cm³/mol. The number of hydrogen-bond acceptors (Lipinski definition) is 7. The van der Waals surface area contributed by atoms with Gasteiger partial charge in [-0.2, -0.15) is 5.26 Å². The molecule has 34 heavy (non-hydrogen) atoms. The molecule has 1 fully saturated rings. The van der Waals surface area contributed by atoms with Gasteiger partial charge in [-0.1, -0.05) is 48.5 Å². The van der Waals surface area contributed by atoms with E-state index in [0.717, 1.165) is 18.8 Å². The zero-order valence-corrected chi connectivity index (χ0v) is 19.3. The molecule has 1 saturated heterocycles. The predicted octanol–water partition coefficient (Wildman–Crippen LogP) is 3.99. The molecule has 1 aliphatic heterocycles. The minimum atomic E-state index is -3.99. The van der Waals surface area contributed by atoms with Gasteiger partial charge in [-0.3, -0.25) is 0 Å². The molecule has 3 aromatic carbocycles. The van der Waals surface area contributed by atoms with E-state index in [0.29, 0.717) is 29.9 Å². The van der Waals surface area contributed by atoms with Gasteiger partial charge >= 0.3 is 0 Å². The Balaban J connectivity index is 1.55. The van der Waals surface area contributed by atoms with E-state index < -0.39 is 15.1 Å².